The second-order valence-corrected chi connectivity index (χ2v) is 8.29. The topological polar surface area (TPSA) is 90.3 Å². The highest BCUT2D eigenvalue weighted by Gasteiger charge is 2.22. The van der Waals surface area contributed by atoms with Gasteiger partial charge < -0.3 is 4.74 Å². The summed E-state index contributed by atoms with van der Waals surface area (Å²) in [5.74, 6) is 0.200. The van der Waals surface area contributed by atoms with Gasteiger partial charge in [0.2, 0.25) is 0 Å². The van der Waals surface area contributed by atoms with Crippen molar-refractivity contribution in [2.45, 2.75) is 18.4 Å². The lowest BCUT2D eigenvalue weighted by molar-refractivity contribution is 0.155. The lowest BCUT2D eigenvalue weighted by atomic mass is 10.2. The Balaban J connectivity index is 1.89. The lowest BCUT2D eigenvalue weighted by Gasteiger charge is -2.06. The average Bonchev–Trinajstić information content (AvgIpc) is 2.88. The number of amides is 1. The van der Waals surface area contributed by atoms with Crippen LogP contribution in [0.1, 0.15) is 11.1 Å². The number of carbonyl (C=O) groups is 1. The molecule has 3 rings (SSSR count). The summed E-state index contributed by atoms with van der Waals surface area (Å²) in [7, 11) is 3.14. The van der Waals surface area contributed by atoms with Gasteiger partial charge in [-0.15, -0.1) is 0 Å². The second kappa shape index (κ2) is 6.97. The number of hydrogen-bond donors (Lipinski definition) is 1. The van der Waals surface area contributed by atoms with Crippen molar-refractivity contribution in [3.05, 3.63) is 53.6 Å². The molecule has 136 valence electrons. The number of nitrogens with one attached hydrogen (secondary N) is 1. The molecule has 0 atom stereocenters. The minimum Gasteiger partial charge on any atom is -0.444 e. The molecule has 0 aliphatic heterocycles. The number of hydrogen-bond acceptors (Lipinski definition) is 5. The van der Waals surface area contributed by atoms with Gasteiger partial charge in [0.05, 0.1) is 5.52 Å². The zero-order chi connectivity index (χ0) is 18.9. The van der Waals surface area contributed by atoms with E-state index in [0.717, 1.165) is 5.56 Å². The van der Waals surface area contributed by atoms with E-state index < -0.39 is 15.1 Å². The van der Waals surface area contributed by atoms with E-state index >= 15 is 0 Å². The highest BCUT2D eigenvalue weighted by molar-refractivity contribution is 8.14. The first-order chi connectivity index (χ1) is 12.3. The fourth-order valence-electron chi connectivity index (χ4n) is 2.65. The number of carbonyl (C=O) groups excluding carboxylic acids is 1. The Morgan fingerprint density at radius 2 is 1.96 bits per heavy atom. The summed E-state index contributed by atoms with van der Waals surface area (Å²) in [5.41, 5.74) is 1.83. The van der Waals surface area contributed by atoms with Gasteiger partial charge in [0, 0.05) is 23.1 Å². The molecule has 0 fully saturated rings. The van der Waals surface area contributed by atoms with Gasteiger partial charge in [-0.25, -0.2) is 13.2 Å². The predicted molar refractivity (Wildman–Crippen MR) is 98.7 cm³/mol. The molecule has 0 saturated carbocycles. The highest BCUT2D eigenvalue weighted by atomic mass is 35.7. The first kappa shape index (κ1) is 18.2. The van der Waals surface area contributed by atoms with E-state index in [0.29, 0.717) is 16.5 Å². The van der Waals surface area contributed by atoms with Crippen molar-refractivity contribution in [3.8, 4) is 0 Å². The van der Waals surface area contributed by atoms with Gasteiger partial charge in [0.15, 0.2) is 5.82 Å². The molecule has 9 heteroatoms. The molecular formula is C17H16ClN3O4S. The van der Waals surface area contributed by atoms with Crippen LogP contribution in [0, 0.1) is 6.92 Å². The molecule has 0 saturated heterocycles. The SMILES string of the molecule is Cc1cc(S(=O)(=O)Cl)c2c(c1)c(NC(=O)OCc1ccccc1)nn2C. The molecule has 26 heavy (non-hydrogen) atoms. The Hall–Kier alpha value is -2.58. The zero-order valence-corrected chi connectivity index (χ0v) is 15.6. The summed E-state index contributed by atoms with van der Waals surface area (Å²) in [5, 5.41) is 7.19. The van der Waals surface area contributed by atoms with E-state index in [4.69, 9.17) is 15.4 Å². The summed E-state index contributed by atoms with van der Waals surface area (Å²) in [4.78, 5) is 12.0. The van der Waals surface area contributed by atoms with E-state index in [1.807, 2.05) is 30.3 Å². The summed E-state index contributed by atoms with van der Waals surface area (Å²) < 4.78 is 30.2. The molecule has 1 heterocycles. The standard InChI is InChI=1S/C17H16ClN3O4S/c1-11-8-13-15(14(9-11)26(18,23)24)21(2)20-16(13)19-17(22)25-10-12-6-4-3-5-7-12/h3-9H,10H2,1-2H3,(H,19,20,22). The third-order valence-corrected chi connectivity index (χ3v) is 5.08. The number of halogens is 1. The molecule has 1 aromatic heterocycles. The van der Waals surface area contributed by atoms with Crippen LogP contribution in [0.2, 0.25) is 0 Å². The largest absolute Gasteiger partial charge is 0.444 e. The predicted octanol–water partition coefficient (Wildman–Crippen LogP) is 3.56. The van der Waals surface area contributed by atoms with Crippen molar-refractivity contribution in [1.82, 2.24) is 9.78 Å². The number of fused-ring (bicyclic) bond motifs is 1. The van der Waals surface area contributed by atoms with Crippen molar-refractivity contribution in [2.75, 3.05) is 5.32 Å². The molecular weight excluding hydrogens is 378 g/mol. The number of nitrogens with zero attached hydrogens (tertiary/aromatic N) is 2. The lowest BCUT2D eigenvalue weighted by Crippen LogP contribution is -2.14. The van der Waals surface area contributed by atoms with E-state index in [1.54, 1.807) is 20.0 Å². The van der Waals surface area contributed by atoms with Crippen molar-refractivity contribution in [3.63, 3.8) is 0 Å². The maximum Gasteiger partial charge on any atom is 0.413 e. The Morgan fingerprint density at radius 1 is 1.27 bits per heavy atom. The van der Waals surface area contributed by atoms with Gasteiger partial charge in [-0.3, -0.25) is 10.00 Å². The first-order valence-electron chi connectivity index (χ1n) is 7.65. The van der Waals surface area contributed by atoms with Crippen LogP contribution >= 0.6 is 10.7 Å². The average molecular weight is 394 g/mol. The number of aromatic nitrogens is 2. The summed E-state index contributed by atoms with van der Waals surface area (Å²) >= 11 is 0. The molecule has 1 amide bonds. The smallest absolute Gasteiger partial charge is 0.413 e. The molecule has 0 spiro atoms. The normalized spacial score (nSPS) is 11.5. The Morgan fingerprint density at radius 3 is 2.62 bits per heavy atom. The van der Waals surface area contributed by atoms with Crippen LogP contribution in [0.15, 0.2) is 47.4 Å². The quantitative estimate of drug-likeness (QED) is 0.684. The van der Waals surface area contributed by atoms with E-state index in [-0.39, 0.29) is 17.3 Å². The molecule has 1 N–H and O–H groups in total. The van der Waals surface area contributed by atoms with Gasteiger partial charge in [0.1, 0.15) is 11.5 Å². The van der Waals surface area contributed by atoms with Gasteiger partial charge in [-0.2, -0.15) is 5.10 Å². The van der Waals surface area contributed by atoms with Crippen LogP contribution in [0.4, 0.5) is 10.6 Å². The van der Waals surface area contributed by atoms with Crippen LogP contribution in [0.3, 0.4) is 0 Å². The molecule has 0 radical (unpaired) electrons. The Kier molecular flexibility index (Phi) is 4.88. The monoisotopic (exact) mass is 393 g/mol. The number of benzene rings is 2. The van der Waals surface area contributed by atoms with Crippen LogP contribution < -0.4 is 5.32 Å². The maximum atomic E-state index is 12.1. The number of rotatable bonds is 4. The van der Waals surface area contributed by atoms with Gasteiger partial charge >= 0.3 is 6.09 Å². The van der Waals surface area contributed by atoms with Crippen LogP contribution in [-0.4, -0.2) is 24.3 Å². The van der Waals surface area contributed by atoms with Gasteiger partial charge in [-0.05, 0) is 30.2 Å². The van der Waals surface area contributed by atoms with Crippen LogP contribution in [-0.2, 0) is 27.4 Å². The molecule has 0 unspecified atom stereocenters. The maximum absolute atomic E-state index is 12.1. The van der Waals surface area contributed by atoms with E-state index in [9.17, 15) is 13.2 Å². The zero-order valence-electron chi connectivity index (χ0n) is 14.1. The molecule has 0 aliphatic carbocycles. The molecule has 3 aromatic rings. The third-order valence-electron chi connectivity index (χ3n) is 3.74. The van der Waals surface area contributed by atoms with Crippen molar-refractivity contribution in [2.24, 2.45) is 7.05 Å². The molecule has 2 aromatic carbocycles. The molecule has 7 nitrogen and oxygen atoms in total. The number of ether oxygens (including phenoxy) is 1. The fraction of sp³-hybridized carbons (Fsp3) is 0.176. The number of aryl methyl sites for hydroxylation is 2. The minimum atomic E-state index is -3.97. The molecule has 0 bridgehead atoms. The van der Waals surface area contributed by atoms with E-state index in [2.05, 4.69) is 10.4 Å². The minimum absolute atomic E-state index is 0.0603. The van der Waals surface area contributed by atoms with E-state index in [1.165, 1.54) is 10.7 Å². The van der Waals surface area contributed by atoms with Crippen molar-refractivity contribution >= 4 is 42.5 Å². The highest BCUT2D eigenvalue weighted by Crippen LogP contribution is 2.31. The Bertz CT molecular complexity index is 1080. The van der Waals surface area contributed by atoms with Crippen molar-refractivity contribution < 1.29 is 17.9 Å². The first-order valence-corrected chi connectivity index (χ1v) is 9.96. The number of anilines is 1. The summed E-state index contributed by atoms with van der Waals surface area (Å²) in [6.45, 7) is 1.84. The van der Waals surface area contributed by atoms with Crippen molar-refractivity contribution in [1.29, 1.82) is 0 Å². The Labute approximate surface area is 154 Å². The molecule has 0 aliphatic rings. The van der Waals surface area contributed by atoms with Gasteiger partial charge in [-0.1, -0.05) is 30.3 Å². The van der Waals surface area contributed by atoms with Crippen LogP contribution in [0.5, 0.6) is 0 Å². The second-order valence-electron chi connectivity index (χ2n) is 5.76. The van der Waals surface area contributed by atoms with Gasteiger partial charge in [0.25, 0.3) is 9.05 Å². The third kappa shape index (κ3) is 3.81. The fourth-order valence-corrected chi connectivity index (χ4v) is 3.80. The summed E-state index contributed by atoms with van der Waals surface area (Å²) in [6.07, 6.45) is -0.689. The van der Waals surface area contributed by atoms with Crippen LogP contribution in [0.25, 0.3) is 10.9 Å². The summed E-state index contributed by atoms with van der Waals surface area (Å²) in [6, 6.07) is 12.4.